The van der Waals surface area contributed by atoms with E-state index in [9.17, 15) is 4.79 Å². The first-order valence-corrected chi connectivity index (χ1v) is 13.7. The van der Waals surface area contributed by atoms with Gasteiger partial charge < -0.3 is 10.6 Å². The van der Waals surface area contributed by atoms with Gasteiger partial charge in [0.25, 0.3) is 0 Å². The summed E-state index contributed by atoms with van der Waals surface area (Å²) in [5.74, 6) is 0.111. The fourth-order valence-corrected chi connectivity index (χ4v) is 6.62. The Morgan fingerprint density at radius 2 is 1.82 bits per heavy atom. The van der Waals surface area contributed by atoms with Gasteiger partial charge in [-0.1, -0.05) is 31.0 Å². The summed E-state index contributed by atoms with van der Waals surface area (Å²) in [7, 11) is 0. The summed E-state index contributed by atoms with van der Waals surface area (Å²) in [6, 6.07) is 14.9. The number of hydrogen-bond donors (Lipinski definition) is 3. The van der Waals surface area contributed by atoms with Gasteiger partial charge in [-0.05, 0) is 75.9 Å². The molecule has 0 spiro atoms. The molecule has 182 valence electrons. The van der Waals surface area contributed by atoms with E-state index in [1.54, 1.807) is 11.8 Å². The summed E-state index contributed by atoms with van der Waals surface area (Å²) in [4.78, 5) is 20.2. The third kappa shape index (κ3) is 5.64. The fourth-order valence-electron chi connectivity index (χ4n) is 5.22. The number of carbonyl (C=O) groups excluding carboxylic acids is 1. The van der Waals surface area contributed by atoms with Crippen molar-refractivity contribution in [1.29, 1.82) is 5.41 Å². The molecule has 0 aromatic heterocycles. The number of amides is 1. The van der Waals surface area contributed by atoms with Crippen molar-refractivity contribution in [1.82, 2.24) is 4.90 Å². The summed E-state index contributed by atoms with van der Waals surface area (Å²) in [5.41, 5.74) is 8.20. The van der Waals surface area contributed by atoms with Gasteiger partial charge in [-0.3, -0.25) is 15.1 Å². The van der Waals surface area contributed by atoms with Crippen LogP contribution < -0.4 is 10.6 Å². The van der Waals surface area contributed by atoms with Crippen LogP contribution in [0, 0.1) is 5.41 Å². The molecule has 4 rings (SSSR count). The third-order valence-corrected chi connectivity index (χ3v) is 8.73. The van der Waals surface area contributed by atoms with E-state index in [1.165, 1.54) is 19.3 Å². The molecule has 5 nitrogen and oxygen atoms in total. The Balaban J connectivity index is 1.45. The van der Waals surface area contributed by atoms with Crippen molar-refractivity contribution in [2.24, 2.45) is 5.73 Å². The maximum atomic E-state index is 13.7. The molecule has 0 radical (unpaired) electrons. The molecule has 7 heteroatoms. The molecule has 2 aliphatic heterocycles. The minimum absolute atomic E-state index is 0.0180. The average molecular weight is 497 g/mol. The second-order valence-electron chi connectivity index (χ2n) is 9.61. The lowest BCUT2D eigenvalue weighted by Gasteiger charge is -2.39. The van der Waals surface area contributed by atoms with Crippen LogP contribution in [0.1, 0.15) is 68.7 Å². The Labute approximate surface area is 213 Å². The Kier molecular flexibility index (Phi) is 8.27. The Morgan fingerprint density at radius 3 is 2.56 bits per heavy atom. The van der Waals surface area contributed by atoms with Gasteiger partial charge >= 0.3 is 0 Å². The number of hydrogen-bond acceptors (Lipinski definition) is 5. The molecule has 0 aliphatic carbocycles. The highest BCUT2D eigenvalue weighted by Gasteiger charge is 2.34. The first-order valence-electron chi connectivity index (χ1n) is 12.4. The molecule has 2 aromatic carbocycles. The van der Waals surface area contributed by atoms with E-state index in [2.05, 4.69) is 37.4 Å². The van der Waals surface area contributed by atoms with Gasteiger partial charge in [0.2, 0.25) is 5.91 Å². The molecule has 0 saturated carbocycles. The number of rotatable bonds is 8. The highest BCUT2D eigenvalue weighted by atomic mass is 32.2. The van der Waals surface area contributed by atoms with Crippen LogP contribution in [0.5, 0.6) is 0 Å². The molecular weight excluding hydrogens is 460 g/mol. The van der Waals surface area contributed by atoms with Crippen molar-refractivity contribution < 1.29 is 4.79 Å². The number of unbranched alkanes of at least 4 members (excludes halogenated alkanes) is 2. The van der Waals surface area contributed by atoms with E-state index in [0.717, 1.165) is 46.8 Å². The number of nitrogens with one attached hydrogen (secondary N) is 1. The lowest BCUT2D eigenvalue weighted by Crippen LogP contribution is -2.44. The number of piperidine rings is 1. The van der Waals surface area contributed by atoms with Crippen LogP contribution in [-0.4, -0.2) is 41.8 Å². The monoisotopic (exact) mass is 496 g/mol. The molecule has 3 N–H and O–H groups in total. The maximum Gasteiger partial charge on any atom is 0.245 e. The fraction of sp³-hybridized carbons (Fsp3) is 0.481. The normalized spacial score (nSPS) is 23.1. The van der Waals surface area contributed by atoms with Gasteiger partial charge in [-0.25, -0.2) is 0 Å². The van der Waals surface area contributed by atoms with Crippen LogP contribution in [-0.2, 0) is 4.79 Å². The quantitative estimate of drug-likeness (QED) is 0.185. The molecule has 3 atom stereocenters. The first kappa shape index (κ1) is 25.1. The lowest BCUT2D eigenvalue weighted by molar-refractivity contribution is -0.118. The summed E-state index contributed by atoms with van der Waals surface area (Å²) in [5, 5.41) is 7.43. The smallest absolute Gasteiger partial charge is 0.245 e. The topological polar surface area (TPSA) is 73.4 Å². The Hall–Kier alpha value is -1.96. The number of thiol groups is 1. The molecule has 34 heavy (non-hydrogen) atoms. The summed E-state index contributed by atoms with van der Waals surface area (Å²) in [6.07, 6.45) is 7.20. The molecular formula is C27H36N4OS2. The highest BCUT2D eigenvalue weighted by Crippen LogP contribution is 2.47. The number of benzene rings is 2. The van der Waals surface area contributed by atoms with Gasteiger partial charge in [-0.2, -0.15) is 0 Å². The molecule has 1 saturated heterocycles. The van der Waals surface area contributed by atoms with Crippen molar-refractivity contribution >= 4 is 41.8 Å². The first-order chi connectivity index (χ1) is 16.3. The zero-order valence-electron chi connectivity index (χ0n) is 20.2. The Bertz CT molecular complexity index is 1030. The second-order valence-corrected chi connectivity index (χ2v) is 11.3. The average Bonchev–Trinajstić information content (AvgIpc) is 2.81. The van der Waals surface area contributed by atoms with Gasteiger partial charge in [0.15, 0.2) is 0 Å². The van der Waals surface area contributed by atoms with Crippen LogP contribution in [0.2, 0.25) is 0 Å². The lowest BCUT2D eigenvalue weighted by atomic mass is 9.97. The van der Waals surface area contributed by atoms with E-state index in [1.807, 2.05) is 41.3 Å². The molecule has 2 aromatic rings. The largest absolute Gasteiger partial charge is 0.384 e. The number of likely N-dealkylation sites (tertiary alicyclic amines) is 1. The number of thioether (sulfide) groups is 1. The molecule has 1 fully saturated rings. The van der Waals surface area contributed by atoms with Crippen molar-refractivity contribution in [2.45, 2.75) is 79.5 Å². The summed E-state index contributed by atoms with van der Waals surface area (Å²) >= 11 is 6.10. The minimum atomic E-state index is -0.340. The number of amidine groups is 1. The molecule has 2 heterocycles. The van der Waals surface area contributed by atoms with Gasteiger partial charge in [0.1, 0.15) is 11.1 Å². The number of carbonyl (C=O) groups is 1. The second kappa shape index (κ2) is 11.2. The summed E-state index contributed by atoms with van der Waals surface area (Å²) in [6.45, 7) is 6.56. The van der Waals surface area contributed by atoms with Crippen LogP contribution in [0.3, 0.4) is 0 Å². The van der Waals surface area contributed by atoms with Crippen molar-refractivity contribution in [3.8, 4) is 0 Å². The summed E-state index contributed by atoms with van der Waals surface area (Å²) < 4.78 is 0. The number of anilines is 1. The van der Waals surface area contributed by atoms with Crippen LogP contribution >= 0.6 is 24.4 Å². The third-order valence-electron chi connectivity index (χ3n) is 7.14. The number of nitrogens with two attached hydrogens (primary N) is 1. The molecule has 0 bridgehead atoms. The van der Waals surface area contributed by atoms with Crippen molar-refractivity contribution in [3.63, 3.8) is 0 Å². The highest BCUT2D eigenvalue weighted by molar-refractivity contribution is 8.00. The predicted molar refractivity (Wildman–Crippen MR) is 145 cm³/mol. The van der Waals surface area contributed by atoms with Crippen molar-refractivity contribution in [3.05, 3.63) is 53.6 Å². The zero-order valence-corrected chi connectivity index (χ0v) is 21.9. The van der Waals surface area contributed by atoms with E-state index in [4.69, 9.17) is 11.1 Å². The van der Waals surface area contributed by atoms with Crippen molar-refractivity contribution in [2.75, 3.05) is 18.0 Å². The van der Waals surface area contributed by atoms with Crippen LogP contribution in [0.4, 0.5) is 5.69 Å². The number of nitrogens with zero attached hydrogens (tertiary/aromatic N) is 2. The van der Waals surface area contributed by atoms with Gasteiger partial charge in [0, 0.05) is 34.0 Å². The van der Waals surface area contributed by atoms with E-state index in [-0.39, 0.29) is 17.0 Å². The molecule has 2 aliphatic rings. The SMILES string of the molecule is C[C@@H]1CCC[C@H](C)N1CCCCCN1C(=O)C(c2cccc(C(=N)N)c2)Sc2ccc(S)cc21. The number of nitrogen functional groups attached to an aromatic ring is 1. The standard InChI is InChI=1S/C27H36N4OS2/c1-18-8-6-9-19(2)30(18)14-4-3-5-15-31-23-17-22(33)12-13-24(23)34-25(27(31)32)20-10-7-11-21(16-20)26(28)29/h7,10-13,16-19,25,33H,3-6,8-9,14-15H2,1-2H3,(H3,28,29)/t18-,19+,25?. The number of fused-ring (bicyclic) bond motifs is 1. The Morgan fingerprint density at radius 1 is 1.09 bits per heavy atom. The van der Waals surface area contributed by atoms with Gasteiger partial charge in [0.05, 0.1) is 5.69 Å². The van der Waals surface area contributed by atoms with Crippen LogP contribution in [0.15, 0.2) is 52.3 Å². The minimum Gasteiger partial charge on any atom is -0.384 e. The van der Waals surface area contributed by atoms with Gasteiger partial charge in [-0.15, -0.1) is 24.4 Å². The van der Waals surface area contributed by atoms with E-state index >= 15 is 0 Å². The van der Waals surface area contributed by atoms with E-state index < -0.39 is 0 Å². The van der Waals surface area contributed by atoms with E-state index in [0.29, 0.717) is 24.2 Å². The molecule has 1 amide bonds. The molecule has 1 unspecified atom stereocenters. The van der Waals surface area contributed by atoms with Crippen LogP contribution in [0.25, 0.3) is 0 Å². The zero-order chi connectivity index (χ0) is 24.2. The maximum absolute atomic E-state index is 13.7. The predicted octanol–water partition coefficient (Wildman–Crippen LogP) is 5.87.